The second-order valence-electron chi connectivity index (χ2n) is 6.47. The normalized spacial score (nSPS) is 17.0. The number of aliphatic imine (C=N–C) groups is 1. The highest BCUT2D eigenvalue weighted by Gasteiger charge is 2.36. The number of imidazole rings is 1. The fourth-order valence-corrected chi connectivity index (χ4v) is 3.85. The number of rotatable bonds is 8. The van der Waals surface area contributed by atoms with Crippen LogP contribution in [0.15, 0.2) is 22.8 Å². The van der Waals surface area contributed by atoms with Gasteiger partial charge in [0.25, 0.3) is 0 Å². The molecule has 1 aliphatic carbocycles. The lowest BCUT2D eigenvalue weighted by molar-refractivity contribution is 0.0732. The molecule has 0 aromatic carbocycles. The van der Waals surface area contributed by atoms with E-state index in [1.807, 2.05) is 22.2 Å². The van der Waals surface area contributed by atoms with Gasteiger partial charge in [0.2, 0.25) is 0 Å². The number of nitrogens with one attached hydrogen (secondary N) is 2. The monoisotopic (exact) mass is 349 g/mol. The topological polar surface area (TPSA) is 63.0 Å². The standard InChI is InChI=1S/C17H27N5OS/c1-3-18-15(20-13-17(5-4-6-17)7-9-23-2)19-11-14-12-22-8-10-24-16(22)21-14/h8,10,12H,3-7,9,11,13H2,1-2H3,(H2,18,19,20). The van der Waals surface area contributed by atoms with E-state index < -0.39 is 0 Å². The minimum absolute atomic E-state index is 0.378. The Hall–Kier alpha value is -1.60. The molecule has 0 spiro atoms. The molecule has 2 heterocycles. The highest BCUT2D eigenvalue weighted by molar-refractivity contribution is 7.15. The first-order valence-electron chi connectivity index (χ1n) is 8.67. The molecule has 132 valence electrons. The Kier molecular flexibility index (Phi) is 5.73. The van der Waals surface area contributed by atoms with E-state index in [4.69, 9.17) is 9.73 Å². The number of fused-ring (bicyclic) bond motifs is 1. The number of hydrogen-bond donors (Lipinski definition) is 2. The van der Waals surface area contributed by atoms with Gasteiger partial charge in [0.1, 0.15) is 0 Å². The van der Waals surface area contributed by atoms with E-state index >= 15 is 0 Å². The van der Waals surface area contributed by atoms with Crippen LogP contribution in [0.25, 0.3) is 4.96 Å². The van der Waals surface area contributed by atoms with Gasteiger partial charge in [-0.15, -0.1) is 11.3 Å². The Morgan fingerprint density at radius 3 is 3.00 bits per heavy atom. The van der Waals surface area contributed by atoms with Gasteiger partial charge in [-0.1, -0.05) is 6.42 Å². The number of hydrogen-bond acceptors (Lipinski definition) is 4. The summed E-state index contributed by atoms with van der Waals surface area (Å²) in [4.78, 5) is 10.3. The van der Waals surface area contributed by atoms with Crippen LogP contribution in [0.2, 0.25) is 0 Å². The molecule has 24 heavy (non-hydrogen) atoms. The second kappa shape index (κ2) is 7.98. The molecule has 2 aromatic heterocycles. The molecule has 2 aromatic rings. The second-order valence-corrected chi connectivity index (χ2v) is 7.34. The van der Waals surface area contributed by atoms with E-state index in [0.717, 1.165) is 42.7 Å². The number of thiazole rings is 1. The van der Waals surface area contributed by atoms with Gasteiger partial charge >= 0.3 is 0 Å². The van der Waals surface area contributed by atoms with Gasteiger partial charge in [0.15, 0.2) is 10.9 Å². The first-order valence-corrected chi connectivity index (χ1v) is 9.55. The van der Waals surface area contributed by atoms with E-state index in [9.17, 15) is 0 Å². The van der Waals surface area contributed by atoms with Crippen molar-refractivity contribution in [2.24, 2.45) is 10.4 Å². The zero-order valence-corrected chi connectivity index (χ0v) is 15.4. The largest absolute Gasteiger partial charge is 0.385 e. The summed E-state index contributed by atoms with van der Waals surface area (Å²) in [6.07, 6.45) is 9.07. The third kappa shape index (κ3) is 4.08. The Balaban J connectivity index is 1.57. The van der Waals surface area contributed by atoms with Crippen molar-refractivity contribution in [3.63, 3.8) is 0 Å². The van der Waals surface area contributed by atoms with Gasteiger partial charge < -0.3 is 15.4 Å². The molecule has 7 heteroatoms. The smallest absolute Gasteiger partial charge is 0.193 e. The number of guanidine groups is 1. The van der Waals surface area contributed by atoms with Crippen molar-refractivity contribution in [3.8, 4) is 0 Å². The maximum atomic E-state index is 5.27. The van der Waals surface area contributed by atoms with Crippen LogP contribution in [0.4, 0.5) is 0 Å². The summed E-state index contributed by atoms with van der Waals surface area (Å²) in [6.45, 7) is 5.33. The SMILES string of the molecule is CCNC(=NCc1cn2ccsc2n1)NCC1(CCOC)CCC1. The predicted octanol–water partition coefficient (Wildman–Crippen LogP) is 2.66. The lowest BCUT2D eigenvalue weighted by Gasteiger charge is -2.42. The summed E-state index contributed by atoms with van der Waals surface area (Å²) >= 11 is 1.64. The predicted molar refractivity (Wildman–Crippen MR) is 98.7 cm³/mol. The summed E-state index contributed by atoms with van der Waals surface area (Å²) in [6, 6.07) is 0. The molecule has 1 fully saturated rings. The quantitative estimate of drug-likeness (QED) is 0.568. The van der Waals surface area contributed by atoms with Crippen LogP contribution in [0.3, 0.4) is 0 Å². The molecule has 2 N–H and O–H groups in total. The fourth-order valence-electron chi connectivity index (χ4n) is 3.14. The molecule has 0 radical (unpaired) electrons. The molecule has 0 aliphatic heterocycles. The molecule has 0 saturated heterocycles. The Morgan fingerprint density at radius 1 is 1.46 bits per heavy atom. The third-order valence-electron chi connectivity index (χ3n) is 4.77. The van der Waals surface area contributed by atoms with Crippen LogP contribution in [0, 0.1) is 5.41 Å². The Morgan fingerprint density at radius 2 is 2.33 bits per heavy atom. The number of methoxy groups -OCH3 is 1. The lowest BCUT2D eigenvalue weighted by atomic mass is 9.67. The molecular formula is C17H27N5OS. The molecule has 1 saturated carbocycles. The van der Waals surface area contributed by atoms with Gasteiger partial charge in [-0.2, -0.15) is 0 Å². The van der Waals surface area contributed by atoms with E-state index in [-0.39, 0.29) is 0 Å². The minimum Gasteiger partial charge on any atom is -0.385 e. The molecule has 0 unspecified atom stereocenters. The molecule has 1 aliphatic rings. The molecular weight excluding hydrogens is 322 g/mol. The third-order valence-corrected chi connectivity index (χ3v) is 5.54. The van der Waals surface area contributed by atoms with Crippen LogP contribution < -0.4 is 10.6 Å². The van der Waals surface area contributed by atoms with E-state index in [1.165, 1.54) is 19.3 Å². The Bertz CT molecular complexity index is 645. The maximum absolute atomic E-state index is 5.27. The average Bonchev–Trinajstić information content (AvgIpc) is 3.12. The molecule has 0 atom stereocenters. The molecule has 0 bridgehead atoms. The van der Waals surface area contributed by atoms with Crippen LogP contribution >= 0.6 is 11.3 Å². The minimum atomic E-state index is 0.378. The van der Waals surface area contributed by atoms with Crippen LogP contribution in [-0.4, -0.2) is 42.2 Å². The molecule has 6 nitrogen and oxygen atoms in total. The highest BCUT2D eigenvalue weighted by atomic mass is 32.1. The summed E-state index contributed by atoms with van der Waals surface area (Å²) < 4.78 is 7.32. The van der Waals surface area contributed by atoms with Gasteiger partial charge in [0.05, 0.1) is 12.2 Å². The zero-order valence-electron chi connectivity index (χ0n) is 14.5. The first kappa shape index (κ1) is 17.2. The first-order chi connectivity index (χ1) is 11.7. The highest BCUT2D eigenvalue weighted by Crippen LogP contribution is 2.43. The average molecular weight is 350 g/mol. The van der Waals surface area contributed by atoms with Crippen molar-refractivity contribution in [1.29, 1.82) is 0 Å². The summed E-state index contributed by atoms with van der Waals surface area (Å²) in [5.41, 5.74) is 1.38. The van der Waals surface area contributed by atoms with E-state index in [0.29, 0.717) is 12.0 Å². The van der Waals surface area contributed by atoms with Crippen molar-refractivity contribution in [3.05, 3.63) is 23.5 Å². The van der Waals surface area contributed by atoms with Crippen LogP contribution in [0.1, 0.15) is 38.3 Å². The van der Waals surface area contributed by atoms with E-state index in [1.54, 1.807) is 18.4 Å². The summed E-state index contributed by atoms with van der Waals surface area (Å²) in [7, 11) is 1.78. The molecule has 3 rings (SSSR count). The van der Waals surface area contributed by atoms with Gasteiger partial charge in [-0.3, -0.25) is 4.40 Å². The number of aromatic nitrogens is 2. The summed E-state index contributed by atoms with van der Waals surface area (Å²) in [5, 5.41) is 8.90. The molecule has 0 amide bonds. The maximum Gasteiger partial charge on any atom is 0.193 e. The fraction of sp³-hybridized carbons (Fsp3) is 0.647. The van der Waals surface area contributed by atoms with Crippen molar-refractivity contribution < 1.29 is 4.74 Å². The van der Waals surface area contributed by atoms with Crippen molar-refractivity contribution in [1.82, 2.24) is 20.0 Å². The van der Waals surface area contributed by atoms with Gasteiger partial charge in [0, 0.05) is 44.6 Å². The van der Waals surface area contributed by atoms with Gasteiger partial charge in [-0.05, 0) is 31.6 Å². The van der Waals surface area contributed by atoms with E-state index in [2.05, 4.69) is 22.5 Å². The Labute approximate surface area is 147 Å². The van der Waals surface area contributed by atoms with Crippen molar-refractivity contribution in [2.75, 3.05) is 26.8 Å². The van der Waals surface area contributed by atoms with Crippen molar-refractivity contribution in [2.45, 2.75) is 39.2 Å². The van der Waals surface area contributed by atoms with Gasteiger partial charge in [-0.25, -0.2) is 9.98 Å². The number of nitrogens with zero attached hydrogens (tertiary/aromatic N) is 3. The lowest BCUT2D eigenvalue weighted by Crippen LogP contribution is -2.46. The van der Waals surface area contributed by atoms with Crippen molar-refractivity contribution >= 4 is 22.3 Å². The number of ether oxygens (including phenoxy) is 1. The zero-order chi connectivity index (χ0) is 16.8. The van der Waals surface area contributed by atoms with Crippen LogP contribution in [0.5, 0.6) is 0 Å². The van der Waals surface area contributed by atoms with Crippen LogP contribution in [-0.2, 0) is 11.3 Å². The summed E-state index contributed by atoms with van der Waals surface area (Å²) in [5.74, 6) is 0.873.